The van der Waals surface area contributed by atoms with Gasteiger partial charge in [0.25, 0.3) is 0 Å². The van der Waals surface area contributed by atoms with Crippen molar-refractivity contribution in [1.29, 1.82) is 0 Å². The molecule has 0 amide bonds. The molecule has 18 heavy (non-hydrogen) atoms. The molecule has 0 spiro atoms. The molecule has 1 aromatic carbocycles. The topological polar surface area (TPSA) is 25.2 Å². The van der Waals surface area contributed by atoms with Gasteiger partial charge in [0, 0.05) is 10.9 Å². The molecule has 1 heterocycles. The lowest BCUT2D eigenvalue weighted by atomic mass is 9.94. The minimum atomic E-state index is 0.247. The molecule has 0 fully saturated rings. The summed E-state index contributed by atoms with van der Waals surface area (Å²) < 4.78 is 6.11. The monoisotopic (exact) mass is 245 g/mol. The van der Waals surface area contributed by atoms with E-state index in [0.29, 0.717) is 5.92 Å². The molecular weight excluding hydrogens is 222 g/mol. The summed E-state index contributed by atoms with van der Waals surface area (Å²) in [6.45, 7) is 10.9. The molecule has 2 aromatic rings. The molecule has 0 aliphatic carbocycles. The Bertz CT molecular complexity index is 566. The molecule has 1 N–H and O–H groups in total. The SMILES string of the molecule is CNC(C)c1oc2c(C)ccc(C(C)C)c2c1C. The van der Waals surface area contributed by atoms with Gasteiger partial charge in [-0.3, -0.25) is 0 Å². The van der Waals surface area contributed by atoms with Gasteiger partial charge in [0.1, 0.15) is 11.3 Å². The molecule has 0 aliphatic rings. The van der Waals surface area contributed by atoms with Crippen LogP contribution in [0.5, 0.6) is 0 Å². The first-order valence-corrected chi connectivity index (χ1v) is 6.67. The summed E-state index contributed by atoms with van der Waals surface area (Å²) in [4.78, 5) is 0. The molecular formula is C16H23NO. The quantitative estimate of drug-likeness (QED) is 0.864. The zero-order valence-electron chi connectivity index (χ0n) is 12.2. The summed E-state index contributed by atoms with van der Waals surface area (Å²) in [6.07, 6.45) is 0. The van der Waals surface area contributed by atoms with Crippen LogP contribution in [0.15, 0.2) is 16.5 Å². The van der Waals surface area contributed by atoms with Crippen LogP contribution in [0.1, 0.15) is 55.2 Å². The molecule has 2 heteroatoms. The maximum absolute atomic E-state index is 6.11. The highest BCUT2D eigenvalue weighted by molar-refractivity contribution is 5.88. The predicted molar refractivity (Wildman–Crippen MR) is 77.3 cm³/mol. The van der Waals surface area contributed by atoms with Gasteiger partial charge in [-0.25, -0.2) is 0 Å². The number of hydrogen-bond donors (Lipinski definition) is 1. The van der Waals surface area contributed by atoms with Crippen LogP contribution in [0.25, 0.3) is 11.0 Å². The molecule has 0 bridgehead atoms. The van der Waals surface area contributed by atoms with E-state index in [4.69, 9.17) is 4.42 Å². The van der Waals surface area contributed by atoms with Gasteiger partial charge in [-0.15, -0.1) is 0 Å². The standard InChI is InChI=1S/C16H23NO/c1-9(2)13-8-7-10(3)15-14(13)11(4)16(18-15)12(5)17-6/h7-9,12,17H,1-6H3. The van der Waals surface area contributed by atoms with Crippen molar-refractivity contribution in [1.82, 2.24) is 5.32 Å². The summed E-state index contributed by atoms with van der Waals surface area (Å²) in [7, 11) is 1.97. The average Bonchev–Trinajstić information content (AvgIpc) is 2.68. The van der Waals surface area contributed by atoms with Gasteiger partial charge in [0.15, 0.2) is 0 Å². The van der Waals surface area contributed by atoms with Crippen molar-refractivity contribution in [2.24, 2.45) is 0 Å². The Balaban J connectivity index is 2.78. The number of nitrogens with one attached hydrogen (secondary N) is 1. The lowest BCUT2D eigenvalue weighted by molar-refractivity contribution is 0.470. The van der Waals surface area contributed by atoms with Gasteiger partial charge < -0.3 is 9.73 Å². The smallest absolute Gasteiger partial charge is 0.137 e. The third-order valence-electron chi connectivity index (χ3n) is 3.79. The van der Waals surface area contributed by atoms with Crippen LogP contribution < -0.4 is 5.32 Å². The van der Waals surface area contributed by atoms with Gasteiger partial charge in [0.05, 0.1) is 6.04 Å². The van der Waals surface area contributed by atoms with Gasteiger partial charge >= 0.3 is 0 Å². The van der Waals surface area contributed by atoms with Crippen molar-refractivity contribution in [3.05, 3.63) is 34.6 Å². The van der Waals surface area contributed by atoms with Gasteiger partial charge in [0.2, 0.25) is 0 Å². The van der Waals surface area contributed by atoms with E-state index < -0.39 is 0 Å². The summed E-state index contributed by atoms with van der Waals surface area (Å²) in [5.41, 5.74) is 4.92. The number of furan rings is 1. The highest BCUT2D eigenvalue weighted by Gasteiger charge is 2.19. The molecule has 0 saturated heterocycles. The maximum Gasteiger partial charge on any atom is 0.137 e. The van der Waals surface area contributed by atoms with Crippen LogP contribution >= 0.6 is 0 Å². The lowest BCUT2D eigenvalue weighted by Crippen LogP contribution is -2.12. The third kappa shape index (κ3) is 1.95. The van der Waals surface area contributed by atoms with Crippen LogP contribution in [0.3, 0.4) is 0 Å². The summed E-state index contributed by atoms with van der Waals surface area (Å²) >= 11 is 0. The first-order valence-electron chi connectivity index (χ1n) is 6.67. The molecule has 1 aromatic heterocycles. The molecule has 0 aliphatic heterocycles. The number of rotatable bonds is 3. The fraction of sp³-hybridized carbons (Fsp3) is 0.500. The van der Waals surface area contributed by atoms with Crippen LogP contribution in [0.4, 0.5) is 0 Å². The van der Waals surface area contributed by atoms with Crippen molar-refractivity contribution in [2.75, 3.05) is 7.05 Å². The van der Waals surface area contributed by atoms with Crippen molar-refractivity contribution >= 4 is 11.0 Å². The Kier molecular flexibility index (Phi) is 3.49. The molecule has 2 nitrogen and oxygen atoms in total. The zero-order chi connectivity index (χ0) is 13.4. The summed E-state index contributed by atoms with van der Waals surface area (Å²) in [5, 5.41) is 4.56. The first-order chi connectivity index (χ1) is 8.47. The van der Waals surface area contributed by atoms with Crippen LogP contribution in [-0.2, 0) is 0 Å². The maximum atomic E-state index is 6.11. The number of benzene rings is 1. The van der Waals surface area contributed by atoms with E-state index >= 15 is 0 Å². The van der Waals surface area contributed by atoms with Crippen LogP contribution in [-0.4, -0.2) is 7.05 Å². The van der Waals surface area contributed by atoms with Gasteiger partial charge in [-0.2, -0.15) is 0 Å². The Morgan fingerprint density at radius 3 is 2.33 bits per heavy atom. The molecule has 1 atom stereocenters. The summed E-state index contributed by atoms with van der Waals surface area (Å²) in [5.74, 6) is 1.57. The second kappa shape index (κ2) is 4.77. The molecule has 0 saturated carbocycles. The minimum absolute atomic E-state index is 0.247. The van der Waals surface area contributed by atoms with E-state index in [9.17, 15) is 0 Å². The first kappa shape index (κ1) is 13.2. The van der Waals surface area contributed by atoms with E-state index in [-0.39, 0.29) is 6.04 Å². The second-order valence-corrected chi connectivity index (χ2v) is 5.43. The Labute approximate surface area is 109 Å². The van der Waals surface area contributed by atoms with Gasteiger partial charge in [-0.05, 0) is 44.9 Å². The fourth-order valence-electron chi connectivity index (χ4n) is 2.56. The van der Waals surface area contributed by atoms with Crippen molar-refractivity contribution in [3.8, 4) is 0 Å². The minimum Gasteiger partial charge on any atom is -0.459 e. The molecule has 1 unspecified atom stereocenters. The number of aryl methyl sites for hydroxylation is 2. The average molecular weight is 245 g/mol. The van der Waals surface area contributed by atoms with E-state index in [1.54, 1.807) is 0 Å². The van der Waals surface area contributed by atoms with E-state index in [2.05, 4.69) is 52.1 Å². The number of fused-ring (bicyclic) bond motifs is 1. The molecule has 98 valence electrons. The van der Waals surface area contributed by atoms with Crippen molar-refractivity contribution in [3.63, 3.8) is 0 Å². The molecule has 0 radical (unpaired) electrons. The summed E-state index contributed by atoms with van der Waals surface area (Å²) in [6, 6.07) is 4.64. The third-order valence-corrected chi connectivity index (χ3v) is 3.79. The normalized spacial score (nSPS) is 13.5. The molecule has 2 rings (SSSR count). The van der Waals surface area contributed by atoms with Crippen LogP contribution in [0, 0.1) is 13.8 Å². The lowest BCUT2D eigenvalue weighted by Gasteiger charge is -2.09. The Morgan fingerprint density at radius 1 is 1.11 bits per heavy atom. The van der Waals surface area contributed by atoms with E-state index in [1.165, 1.54) is 22.1 Å². The second-order valence-electron chi connectivity index (χ2n) is 5.43. The highest BCUT2D eigenvalue weighted by atomic mass is 16.3. The Morgan fingerprint density at radius 2 is 1.78 bits per heavy atom. The zero-order valence-corrected chi connectivity index (χ0v) is 12.2. The Hall–Kier alpha value is -1.28. The van der Waals surface area contributed by atoms with E-state index in [1.807, 2.05) is 7.05 Å². The van der Waals surface area contributed by atoms with Crippen LogP contribution in [0.2, 0.25) is 0 Å². The fourth-order valence-corrected chi connectivity index (χ4v) is 2.56. The van der Waals surface area contributed by atoms with E-state index in [0.717, 1.165) is 11.3 Å². The highest BCUT2D eigenvalue weighted by Crippen LogP contribution is 2.36. The van der Waals surface area contributed by atoms with Gasteiger partial charge in [-0.1, -0.05) is 26.0 Å². The predicted octanol–water partition coefficient (Wildman–Crippen LogP) is 4.45. The van der Waals surface area contributed by atoms with Crippen molar-refractivity contribution in [2.45, 2.75) is 46.6 Å². The van der Waals surface area contributed by atoms with Crippen molar-refractivity contribution < 1.29 is 4.42 Å². The number of hydrogen-bond acceptors (Lipinski definition) is 2. The largest absolute Gasteiger partial charge is 0.459 e.